The average Bonchev–Trinajstić information content (AvgIpc) is 2.66. The Balaban J connectivity index is 0.000000413. The number of benzene rings is 1. The van der Waals surface area contributed by atoms with Crippen LogP contribution in [-0.4, -0.2) is 29.9 Å². The number of anilines is 1. The van der Waals surface area contributed by atoms with Gasteiger partial charge in [-0.25, -0.2) is 9.37 Å². The molecule has 150 valence electrons. The second-order valence-electron chi connectivity index (χ2n) is 6.25. The zero-order chi connectivity index (χ0) is 20.8. The minimum absolute atomic E-state index is 0.0370. The highest BCUT2D eigenvalue weighted by atomic mass is 19.1. The number of carbonyl (C=O) groups is 1. The Morgan fingerprint density at radius 3 is 1.93 bits per heavy atom. The van der Waals surface area contributed by atoms with Gasteiger partial charge in [-0.05, 0) is 64.8 Å². The molecule has 27 heavy (non-hydrogen) atoms. The Hall–Kier alpha value is -2.27. The normalized spacial score (nSPS) is 10.7. The quantitative estimate of drug-likeness (QED) is 0.833. The van der Waals surface area contributed by atoms with Crippen LogP contribution in [0.15, 0.2) is 42.6 Å². The van der Waals surface area contributed by atoms with E-state index in [4.69, 9.17) is 5.73 Å². The van der Waals surface area contributed by atoms with Crippen molar-refractivity contribution < 1.29 is 9.18 Å². The molecule has 0 aliphatic carbocycles. The summed E-state index contributed by atoms with van der Waals surface area (Å²) < 4.78 is 12.1. The molecule has 0 saturated heterocycles. The van der Waals surface area contributed by atoms with E-state index in [-0.39, 0.29) is 17.6 Å². The van der Waals surface area contributed by atoms with Crippen LogP contribution in [0.4, 0.5) is 10.2 Å². The minimum atomic E-state index is -0.287. The van der Waals surface area contributed by atoms with Crippen LogP contribution in [0.5, 0.6) is 0 Å². The van der Waals surface area contributed by atoms with E-state index in [9.17, 15) is 9.18 Å². The Morgan fingerprint density at radius 2 is 1.63 bits per heavy atom. The van der Waals surface area contributed by atoms with E-state index in [1.54, 1.807) is 19.1 Å². The molecule has 2 rings (SSSR count). The lowest BCUT2D eigenvalue weighted by atomic mass is 10.2. The predicted octanol–water partition coefficient (Wildman–Crippen LogP) is 4.55. The molecule has 1 heterocycles. The molecule has 0 saturated carbocycles. The Labute approximate surface area is 163 Å². The first-order chi connectivity index (χ1) is 12.7. The largest absolute Gasteiger partial charge is 0.357 e. The second kappa shape index (κ2) is 13.9. The van der Waals surface area contributed by atoms with Gasteiger partial charge in [-0.1, -0.05) is 30.7 Å². The molecule has 1 aromatic carbocycles. The van der Waals surface area contributed by atoms with Crippen LogP contribution in [0.3, 0.4) is 0 Å². The van der Waals surface area contributed by atoms with Crippen LogP contribution >= 0.6 is 0 Å². The standard InChI is InChI=1S/C11H18N2.C7H7F.C4H9NO/c1-4-10-7-8-11(12-9-10)13(5-2)6-3;1-6-2-4-7(8)5-3-6;1-3(5)4(2)6/h7-9H,4-6H2,1-3H3;2-5H,1H3;3H,5H2,1-2H3. The van der Waals surface area contributed by atoms with E-state index in [1.165, 1.54) is 24.6 Å². The zero-order valence-corrected chi connectivity index (χ0v) is 17.5. The molecule has 0 amide bonds. The number of rotatable bonds is 5. The van der Waals surface area contributed by atoms with E-state index < -0.39 is 0 Å². The fraction of sp³-hybridized carbons (Fsp3) is 0.455. The fourth-order valence-corrected chi connectivity index (χ4v) is 1.89. The van der Waals surface area contributed by atoms with Gasteiger partial charge in [-0.2, -0.15) is 0 Å². The lowest BCUT2D eigenvalue weighted by Crippen LogP contribution is -2.23. The van der Waals surface area contributed by atoms with Gasteiger partial charge < -0.3 is 10.6 Å². The molecule has 5 heteroatoms. The number of halogens is 1. The molecule has 1 aromatic heterocycles. The number of carbonyl (C=O) groups excluding carboxylic acids is 1. The van der Waals surface area contributed by atoms with Crippen LogP contribution < -0.4 is 10.6 Å². The van der Waals surface area contributed by atoms with E-state index >= 15 is 0 Å². The van der Waals surface area contributed by atoms with Crippen LogP contribution in [0.25, 0.3) is 0 Å². The maximum atomic E-state index is 12.1. The van der Waals surface area contributed by atoms with Gasteiger partial charge in [0.15, 0.2) is 0 Å². The molecule has 2 N–H and O–H groups in total. The predicted molar refractivity (Wildman–Crippen MR) is 113 cm³/mol. The number of Topliss-reactive ketones (excluding diaryl/α,β-unsaturated/α-hetero) is 1. The first-order valence-corrected chi connectivity index (χ1v) is 9.43. The SMILES string of the molecule is CC(=O)C(C)N.CCc1ccc(N(CC)CC)nc1.Cc1ccc(F)cc1. The summed E-state index contributed by atoms with van der Waals surface area (Å²) in [5, 5.41) is 0. The molecule has 0 aliphatic heterocycles. The number of hydrogen-bond acceptors (Lipinski definition) is 4. The topological polar surface area (TPSA) is 59.2 Å². The molecule has 1 unspecified atom stereocenters. The lowest BCUT2D eigenvalue weighted by molar-refractivity contribution is -0.117. The second-order valence-corrected chi connectivity index (χ2v) is 6.25. The summed E-state index contributed by atoms with van der Waals surface area (Å²) in [5.41, 5.74) is 7.48. The molecule has 2 aromatic rings. The first kappa shape index (κ1) is 24.7. The Kier molecular flexibility index (Phi) is 12.7. The van der Waals surface area contributed by atoms with Gasteiger partial charge in [0.2, 0.25) is 0 Å². The molecule has 0 bridgehead atoms. The van der Waals surface area contributed by atoms with Crippen molar-refractivity contribution in [3.05, 3.63) is 59.5 Å². The van der Waals surface area contributed by atoms with Crippen molar-refractivity contribution in [1.82, 2.24) is 4.98 Å². The third-order valence-corrected chi connectivity index (χ3v) is 3.96. The van der Waals surface area contributed by atoms with Gasteiger partial charge in [0.05, 0.1) is 6.04 Å². The maximum absolute atomic E-state index is 12.1. The highest BCUT2D eigenvalue weighted by Gasteiger charge is 2.01. The number of ketones is 1. The zero-order valence-electron chi connectivity index (χ0n) is 17.5. The summed E-state index contributed by atoms with van der Waals surface area (Å²) >= 11 is 0. The van der Waals surface area contributed by atoms with Crippen molar-refractivity contribution in [3.63, 3.8) is 0 Å². The van der Waals surface area contributed by atoms with Crippen molar-refractivity contribution in [1.29, 1.82) is 0 Å². The Bertz CT molecular complexity index is 615. The number of nitrogens with zero attached hydrogens (tertiary/aromatic N) is 2. The summed E-state index contributed by atoms with van der Waals surface area (Å²) in [7, 11) is 0. The maximum Gasteiger partial charge on any atom is 0.146 e. The van der Waals surface area contributed by atoms with E-state index in [0.717, 1.165) is 30.9 Å². The molecular weight excluding hydrogens is 341 g/mol. The number of nitrogens with two attached hydrogens (primary N) is 1. The minimum Gasteiger partial charge on any atom is -0.357 e. The number of pyridine rings is 1. The van der Waals surface area contributed by atoms with Crippen molar-refractivity contribution in [3.8, 4) is 0 Å². The van der Waals surface area contributed by atoms with E-state index in [0.29, 0.717) is 0 Å². The molecule has 1 atom stereocenters. The molecule has 0 radical (unpaired) electrons. The molecule has 0 spiro atoms. The van der Waals surface area contributed by atoms with Crippen molar-refractivity contribution in [2.24, 2.45) is 5.73 Å². The van der Waals surface area contributed by atoms with Crippen LogP contribution in [0.2, 0.25) is 0 Å². The summed E-state index contributed by atoms with van der Waals surface area (Å²) in [6, 6.07) is 10.4. The van der Waals surface area contributed by atoms with Gasteiger partial charge in [0, 0.05) is 19.3 Å². The van der Waals surface area contributed by atoms with Crippen molar-refractivity contribution in [2.45, 2.75) is 54.0 Å². The van der Waals surface area contributed by atoms with Gasteiger partial charge in [-0.3, -0.25) is 4.79 Å². The highest BCUT2D eigenvalue weighted by molar-refractivity contribution is 5.80. The summed E-state index contributed by atoms with van der Waals surface area (Å²) in [6.07, 6.45) is 3.03. The van der Waals surface area contributed by atoms with Gasteiger partial charge in [-0.15, -0.1) is 0 Å². The third kappa shape index (κ3) is 11.1. The third-order valence-electron chi connectivity index (χ3n) is 3.96. The van der Waals surface area contributed by atoms with Gasteiger partial charge in [0.1, 0.15) is 17.4 Å². The molecular formula is C22H34FN3O. The Morgan fingerprint density at radius 1 is 1.11 bits per heavy atom. The van der Waals surface area contributed by atoms with E-state index in [2.05, 4.69) is 42.8 Å². The van der Waals surface area contributed by atoms with Crippen LogP contribution in [0, 0.1) is 12.7 Å². The smallest absolute Gasteiger partial charge is 0.146 e. The molecule has 0 fully saturated rings. The molecule has 4 nitrogen and oxygen atoms in total. The van der Waals surface area contributed by atoms with Crippen molar-refractivity contribution in [2.75, 3.05) is 18.0 Å². The monoisotopic (exact) mass is 375 g/mol. The number of aromatic nitrogens is 1. The average molecular weight is 376 g/mol. The first-order valence-electron chi connectivity index (χ1n) is 9.43. The lowest BCUT2D eigenvalue weighted by Gasteiger charge is -2.19. The van der Waals surface area contributed by atoms with Gasteiger partial charge in [0.25, 0.3) is 0 Å². The van der Waals surface area contributed by atoms with Gasteiger partial charge >= 0.3 is 0 Å². The van der Waals surface area contributed by atoms with Crippen LogP contribution in [0.1, 0.15) is 45.7 Å². The summed E-state index contributed by atoms with van der Waals surface area (Å²) in [5.74, 6) is 0.952. The molecule has 0 aliphatic rings. The fourth-order valence-electron chi connectivity index (χ4n) is 1.89. The van der Waals surface area contributed by atoms with Crippen molar-refractivity contribution >= 4 is 11.6 Å². The van der Waals surface area contributed by atoms with Crippen LogP contribution in [-0.2, 0) is 11.2 Å². The van der Waals surface area contributed by atoms with E-state index in [1.807, 2.05) is 13.1 Å². The highest BCUT2D eigenvalue weighted by Crippen LogP contribution is 2.10. The summed E-state index contributed by atoms with van der Waals surface area (Å²) in [4.78, 5) is 16.7. The summed E-state index contributed by atoms with van der Waals surface area (Å²) in [6.45, 7) is 13.6. The number of aryl methyl sites for hydroxylation is 2. The number of hydrogen-bond donors (Lipinski definition) is 1.